The molecule has 2 rings (SSSR count). The van der Waals surface area contributed by atoms with E-state index in [-0.39, 0.29) is 22.9 Å². The maximum atomic E-state index is 11.8. The van der Waals surface area contributed by atoms with E-state index in [0.29, 0.717) is 0 Å². The zero-order chi connectivity index (χ0) is 18.2. The number of imide groups is 1. The van der Waals surface area contributed by atoms with Gasteiger partial charge in [-0.2, -0.15) is 0 Å². The standard InChI is InChI=1S/C17H15ClN2O5/c18-12-6-7-13(14(21)8-12)16(23)25-10-15(22)20-17(24)19-9-11-4-2-1-3-5-11/h1-8,21H,9-10H2,(H2,19,20,22,24). The van der Waals surface area contributed by atoms with Gasteiger partial charge in [0.2, 0.25) is 0 Å². The number of esters is 1. The Kier molecular flexibility index (Phi) is 6.36. The number of amides is 3. The molecule has 0 spiro atoms. The molecule has 3 amide bonds. The average molecular weight is 363 g/mol. The molecule has 0 aliphatic heterocycles. The van der Waals surface area contributed by atoms with Crippen LogP contribution in [0.1, 0.15) is 15.9 Å². The van der Waals surface area contributed by atoms with Gasteiger partial charge in [-0.3, -0.25) is 10.1 Å². The molecule has 7 nitrogen and oxygen atoms in total. The number of ether oxygens (including phenoxy) is 1. The van der Waals surface area contributed by atoms with Crippen LogP contribution < -0.4 is 10.6 Å². The Bertz CT molecular complexity index is 780. The van der Waals surface area contributed by atoms with Crippen LogP contribution in [0.3, 0.4) is 0 Å². The van der Waals surface area contributed by atoms with Crippen LogP contribution in [0, 0.1) is 0 Å². The molecule has 0 aliphatic rings. The molecule has 0 heterocycles. The highest BCUT2D eigenvalue weighted by Crippen LogP contribution is 2.22. The van der Waals surface area contributed by atoms with Gasteiger partial charge in [0.05, 0.1) is 0 Å². The molecule has 3 N–H and O–H groups in total. The summed E-state index contributed by atoms with van der Waals surface area (Å²) in [5.41, 5.74) is 0.737. The molecule has 0 saturated heterocycles. The molecule has 0 aliphatic carbocycles. The van der Waals surface area contributed by atoms with Gasteiger partial charge in [0.15, 0.2) is 6.61 Å². The minimum absolute atomic E-state index is 0.134. The van der Waals surface area contributed by atoms with Gasteiger partial charge in [0.1, 0.15) is 11.3 Å². The molecule has 0 fully saturated rings. The summed E-state index contributed by atoms with van der Waals surface area (Å²) in [6, 6.07) is 12.3. The van der Waals surface area contributed by atoms with E-state index < -0.39 is 24.5 Å². The van der Waals surface area contributed by atoms with Crippen molar-refractivity contribution in [3.63, 3.8) is 0 Å². The van der Waals surface area contributed by atoms with Crippen molar-refractivity contribution in [1.29, 1.82) is 0 Å². The van der Waals surface area contributed by atoms with Gasteiger partial charge in [-0.15, -0.1) is 0 Å². The SMILES string of the molecule is O=C(COC(=O)c1ccc(Cl)cc1O)NC(=O)NCc1ccccc1. The summed E-state index contributed by atoms with van der Waals surface area (Å²) in [6.07, 6.45) is 0. The van der Waals surface area contributed by atoms with Crippen molar-refractivity contribution in [3.05, 3.63) is 64.7 Å². The summed E-state index contributed by atoms with van der Waals surface area (Å²) >= 11 is 5.66. The lowest BCUT2D eigenvalue weighted by Gasteiger charge is -2.08. The van der Waals surface area contributed by atoms with Crippen molar-refractivity contribution in [2.75, 3.05) is 6.61 Å². The van der Waals surface area contributed by atoms with Gasteiger partial charge >= 0.3 is 12.0 Å². The maximum Gasteiger partial charge on any atom is 0.342 e. The number of phenolic OH excluding ortho intramolecular Hbond substituents is 1. The Morgan fingerprint density at radius 1 is 1.08 bits per heavy atom. The average Bonchev–Trinajstić information content (AvgIpc) is 2.59. The van der Waals surface area contributed by atoms with Gasteiger partial charge in [-0.25, -0.2) is 9.59 Å². The third kappa shape index (κ3) is 5.82. The second kappa shape index (κ2) is 8.70. The first-order chi connectivity index (χ1) is 12.0. The largest absolute Gasteiger partial charge is 0.507 e. The quantitative estimate of drug-likeness (QED) is 0.707. The lowest BCUT2D eigenvalue weighted by Crippen LogP contribution is -2.41. The Morgan fingerprint density at radius 2 is 1.80 bits per heavy atom. The molecule has 130 valence electrons. The topological polar surface area (TPSA) is 105 Å². The number of urea groups is 1. The number of aromatic hydroxyl groups is 1. The highest BCUT2D eigenvalue weighted by molar-refractivity contribution is 6.30. The van der Waals surface area contributed by atoms with Gasteiger partial charge in [-0.1, -0.05) is 41.9 Å². The lowest BCUT2D eigenvalue weighted by atomic mass is 10.2. The molecule has 0 saturated carbocycles. The first kappa shape index (κ1) is 18.3. The van der Waals surface area contributed by atoms with Crippen LogP contribution in [0.4, 0.5) is 4.79 Å². The molecule has 0 aromatic heterocycles. The van der Waals surface area contributed by atoms with Crippen LogP contribution in [0.25, 0.3) is 0 Å². The zero-order valence-corrected chi connectivity index (χ0v) is 13.7. The number of carbonyl (C=O) groups is 3. The van der Waals surface area contributed by atoms with E-state index in [1.54, 1.807) is 0 Å². The second-order valence-electron chi connectivity index (χ2n) is 4.95. The number of benzene rings is 2. The molecule has 2 aromatic carbocycles. The summed E-state index contributed by atoms with van der Waals surface area (Å²) in [5.74, 6) is -2.07. The molecule has 2 aromatic rings. The molecule has 8 heteroatoms. The van der Waals surface area contributed by atoms with Crippen LogP contribution in [0.2, 0.25) is 5.02 Å². The summed E-state index contributed by atoms with van der Waals surface area (Å²) < 4.78 is 4.74. The fourth-order valence-electron chi connectivity index (χ4n) is 1.87. The maximum absolute atomic E-state index is 11.8. The molecule has 0 atom stereocenters. The summed E-state index contributed by atoms with van der Waals surface area (Å²) in [6.45, 7) is -0.419. The number of carbonyl (C=O) groups excluding carboxylic acids is 3. The Balaban J connectivity index is 1.76. The highest BCUT2D eigenvalue weighted by Gasteiger charge is 2.15. The molecule has 25 heavy (non-hydrogen) atoms. The van der Waals surface area contributed by atoms with E-state index in [4.69, 9.17) is 16.3 Å². The first-order valence-corrected chi connectivity index (χ1v) is 7.61. The smallest absolute Gasteiger partial charge is 0.342 e. The third-order valence-electron chi connectivity index (χ3n) is 3.06. The summed E-state index contributed by atoms with van der Waals surface area (Å²) in [4.78, 5) is 35.0. The van der Waals surface area contributed by atoms with E-state index in [0.717, 1.165) is 5.56 Å². The molecule has 0 radical (unpaired) electrons. The fraction of sp³-hybridized carbons (Fsp3) is 0.118. The number of halogens is 1. The lowest BCUT2D eigenvalue weighted by molar-refractivity contribution is -0.123. The van der Waals surface area contributed by atoms with Crippen LogP contribution in [-0.4, -0.2) is 29.6 Å². The molecule has 0 unspecified atom stereocenters. The van der Waals surface area contributed by atoms with E-state index in [2.05, 4.69) is 5.32 Å². The van der Waals surface area contributed by atoms with Crippen LogP contribution in [0.5, 0.6) is 5.75 Å². The van der Waals surface area contributed by atoms with Gasteiger partial charge < -0.3 is 15.2 Å². The van der Waals surface area contributed by atoms with Gasteiger partial charge in [0, 0.05) is 11.6 Å². The molecular weight excluding hydrogens is 348 g/mol. The summed E-state index contributed by atoms with van der Waals surface area (Å²) in [5, 5.41) is 14.4. The predicted molar refractivity (Wildman–Crippen MR) is 90.2 cm³/mol. The van der Waals surface area contributed by atoms with E-state index >= 15 is 0 Å². The zero-order valence-electron chi connectivity index (χ0n) is 13.0. The second-order valence-corrected chi connectivity index (χ2v) is 5.39. The van der Waals surface area contributed by atoms with Crippen LogP contribution in [0.15, 0.2) is 48.5 Å². The van der Waals surface area contributed by atoms with Gasteiger partial charge in [0.25, 0.3) is 5.91 Å². The Labute approximate surface area is 148 Å². The molecular formula is C17H15ClN2O5. The van der Waals surface area contributed by atoms with E-state index in [1.165, 1.54) is 18.2 Å². The van der Waals surface area contributed by atoms with E-state index in [9.17, 15) is 19.5 Å². The van der Waals surface area contributed by atoms with Crippen LogP contribution >= 0.6 is 11.6 Å². The molecule has 0 bridgehead atoms. The number of hydrogen-bond acceptors (Lipinski definition) is 5. The van der Waals surface area contributed by atoms with E-state index in [1.807, 2.05) is 35.6 Å². The van der Waals surface area contributed by atoms with Crippen molar-refractivity contribution in [3.8, 4) is 5.75 Å². The number of rotatable bonds is 5. The van der Waals surface area contributed by atoms with Crippen molar-refractivity contribution in [2.45, 2.75) is 6.54 Å². The normalized spacial score (nSPS) is 9.96. The Hall–Kier alpha value is -3.06. The van der Waals surface area contributed by atoms with Crippen molar-refractivity contribution >= 4 is 29.5 Å². The number of nitrogens with one attached hydrogen (secondary N) is 2. The fourth-order valence-corrected chi connectivity index (χ4v) is 2.04. The predicted octanol–water partition coefficient (Wildman–Crippen LogP) is 2.23. The number of phenols is 1. The third-order valence-corrected chi connectivity index (χ3v) is 3.30. The van der Waals surface area contributed by atoms with Gasteiger partial charge in [-0.05, 0) is 23.8 Å². The monoisotopic (exact) mass is 362 g/mol. The van der Waals surface area contributed by atoms with Crippen molar-refractivity contribution in [1.82, 2.24) is 10.6 Å². The summed E-state index contributed by atoms with van der Waals surface area (Å²) in [7, 11) is 0. The van der Waals surface area contributed by atoms with Crippen molar-refractivity contribution < 1.29 is 24.2 Å². The van der Waals surface area contributed by atoms with Crippen molar-refractivity contribution in [2.24, 2.45) is 0 Å². The minimum Gasteiger partial charge on any atom is -0.507 e. The Morgan fingerprint density at radius 3 is 2.48 bits per heavy atom. The first-order valence-electron chi connectivity index (χ1n) is 7.23. The van der Waals surface area contributed by atoms with Crippen LogP contribution in [-0.2, 0) is 16.1 Å². The highest BCUT2D eigenvalue weighted by atomic mass is 35.5. The minimum atomic E-state index is -0.908. The number of hydrogen-bond donors (Lipinski definition) is 3.